The van der Waals surface area contributed by atoms with E-state index in [0.717, 1.165) is 25.2 Å². The van der Waals surface area contributed by atoms with Gasteiger partial charge in [-0.15, -0.1) is 5.10 Å². The average molecular weight is 195 g/mol. The van der Waals surface area contributed by atoms with E-state index in [4.69, 9.17) is 5.73 Å². The Kier molecular flexibility index (Phi) is 2.79. The summed E-state index contributed by atoms with van der Waals surface area (Å²) in [5.41, 5.74) is 6.85. The van der Waals surface area contributed by atoms with Gasteiger partial charge in [-0.1, -0.05) is 5.21 Å². The van der Waals surface area contributed by atoms with Gasteiger partial charge in [0.05, 0.1) is 17.9 Å². The Morgan fingerprint density at radius 3 is 3.21 bits per heavy atom. The molecule has 0 amide bonds. The molecule has 0 radical (unpaired) electrons. The van der Waals surface area contributed by atoms with Gasteiger partial charge in [-0.05, 0) is 31.8 Å². The molecule has 5 nitrogen and oxygen atoms in total. The molecular formula is C9H17N5. The maximum atomic E-state index is 5.69. The third-order valence-corrected chi connectivity index (χ3v) is 2.95. The molecule has 2 unspecified atom stereocenters. The zero-order valence-electron chi connectivity index (χ0n) is 8.48. The molecule has 0 aliphatic carbocycles. The summed E-state index contributed by atoms with van der Waals surface area (Å²) in [4.78, 5) is 0. The molecule has 0 spiro atoms. The van der Waals surface area contributed by atoms with E-state index >= 15 is 0 Å². The van der Waals surface area contributed by atoms with Gasteiger partial charge in [0, 0.05) is 7.05 Å². The number of hydrogen-bond acceptors (Lipinski definition) is 4. The molecule has 1 aliphatic heterocycles. The maximum absolute atomic E-state index is 5.69. The van der Waals surface area contributed by atoms with E-state index in [1.165, 1.54) is 6.42 Å². The normalized spacial score (nSPS) is 27.9. The van der Waals surface area contributed by atoms with Gasteiger partial charge >= 0.3 is 0 Å². The number of piperidine rings is 1. The Labute approximate surface area is 83.7 Å². The second-order valence-corrected chi connectivity index (χ2v) is 3.92. The molecule has 14 heavy (non-hydrogen) atoms. The van der Waals surface area contributed by atoms with Crippen LogP contribution in [-0.2, 0) is 7.05 Å². The van der Waals surface area contributed by atoms with Crippen LogP contribution in [0.2, 0.25) is 0 Å². The van der Waals surface area contributed by atoms with E-state index in [1.54, 1.807) is 0 Å². The molecule has 1 fully saturated rings. The Morgan fingerprint density at radius 2 is 2.57 bits per heavy atom. The highest BCUT2D eigenvalue weighted by Crippen LogP contribution is 2.25. The molecule has 1 aliphatic rings. The fraction of sp³-hybridized carbons (Fsp3) is 0.778. The first-order chi connectivity index (χ1) is 6.81. The highest BCUT2D eigenvalue weighted by molar-refractivity contribution is 5.03. The zero-order chi connectivity index (χ0) is 9.97. The van der Waals surface area contributed by atoms with E-state index in [-0.39, 0.29) is 0 Å². The molecule has 2 atom stereocenters. The maximum Gasteiger partial charge on any atom is 0.0753 e. The van der Waals surface area contributed by atoms with Gasteiger partial charge in [-0.3, -0.25) is 4.68 Å². The largest absolute Gasteiger partial charge is 0.330 e. The highest BCUT2D eigenvalue weighted by atomic mass is 15.4. The molecule has 1 saturated heterocycles. The van der Waals surface area contributed by atoms with Gasteiger partial charge in [0.1, 0.15) is 0 Å². The summed E-state index contributed by atoms with van der Waals surface area (Å²) in [6.07, 6.45) is 4.10. The number of aryl methyl sites for hydroxylation is 1. The minimum atomic E-state index is 0.372. The molecule has 0 aromatic carbocycles. The van der Waals surface area contributed by atoms with Crippen LogP contribution in [0.4, 0.5) is 0 Å². The minimum Gasteiger partial charge on any atom is -0.330 e. The fourth-order valence-electron chi connectivity index (χ4n) is 2.05. The minimum absolute atomic E-state index is 0.372. The number of hydrogen-bond donors (Lipinski definition) is 2. The van der Waals surface area contributed by atoms with Crippen molar-refractivity contribution in [1.82, 2.24) is 20.3 Å². The van der Waals surface area contributed by atoms with Gasteiger partial charge in [-0.2, -0.15) is 0 Å². The number of nitrogens with zero attached hydrogens (tertiary/aromatic N) is 3. The summed E-state index contributed by atoms with van der Waals surface area (Å²) < 4.78 is 1.83. The molecule has 0 bridgehead atoms. The third kappa shape index (κ3) is 1.78. The number of nitrogens with one attached hydrogen (secondary N) is 1. The monoisotopic (exact) mass is 195 g/mol. The first-order valence-corrected chi connectivity index (χ1v) is 5.09. The molecule has 2 rings (SSSR count). The summed E-state index contributed by atoms with van der Waals surface area (Å²) in [7, 11) is 1.93. The van der Waals surface area contributed by atoms with E-state index < -0.39 is 0 Å². The number of rotatable bonds is 2. The van der Waals surface area contributed by atoms with E-state index in [1.807, 2.05) is 17.9 Å². The Hall–Kier alpha value is -0.940. The average Bonchev–Trinajstić information content (AvgIpc) is 2.65. The Morgan fingerprint density at radius 1 is 1.71 bits per heavy atom. The van der Waals surface area contributed by atoms with E-state index in [0.29, 0.717) is 12.0 Å². The molecule has 78 valence electrons. The molecule has 1 aromatic rings. The van der Waals surface area contributed by atoms with E-state index in [2.05, 4.69) is 15.6 Å². The lowest BCUT2D eigenvalue weighted by molar-refractivity contribution is 0.302. The topological polar surface area (TPSA) is 68.8 Å². The van der Waals surface area contributed by atoms with Crippen molar-refractivity contribution in [2.45, 2.75) is 18.9 Å². The SMILES string of the molecule is Cn1nncc1C1CC(CN)CCN1. The van der Waals surface area contributed by atoms with Crippen molar-refractivity contribution < 1.29 is 0 Å². The standard InChI is InChI=1S/C9H17N5/c1-14-9(6-12-13-14)8-4-7(5-10)2-3-11-8/h6-8,11H,2-5,10H2,1H3. The number of nitrogens with two attached hydrogens (primary N) is 1. The lowest BCUT2D eigenvalue weighted by atomic mass is 9.91. The van der Waals surface area contributed by atoms with Gasteiger partial charge in [0.15, 0.2) is 0 Å². The first kappa shape index (κ1) is 9.61. The Bertz CT molecular complexity index is 295. The summed E-state index contributed by atoms with van der Waals surface area (Å²) in [5, 5.41) is 11.3. The predicted octanol–water partition coefficient (Wildman–Crippen LogP) is -0.185. The van der Waals surface area contributed by atoms with Crippen molar-refractivity contribution in [1.29, 1.82) is 0 Å². The van der Waals surface area contributed by atoms with Crippen molar-refractivity contribution in [2.24, 2.45) is 18.7 Å². The Balaban J connectivity index is 2.08. The second-order valence-electron chi connectivity index (χ2n) is 3.92. The molecule has 5 heteroatoms. The third-order valence-electron chi connectivity index (χ3n) is 2.95. The molecular weight excluding hydrogens is 178 g/mol. The molecule has 3 N–H and O–H groups in total. The van der Waals surface area contributed by atoms with Crippen LogP contribution in [0.25, 0.3) is 0 Å². The van der Waals surface area contributed by atoms with Crippen molar-refractivity contribution in [3.05, 3.63) is 11.9 Å². The molecule has 0 saturated carbocycles. The van der Waals surface area contributed by atoms with Gasteiger partial charge in [0.2, 0.25) is 0 Å². The summed E-state index contributed by atoms with van der Waals surface area (Å²) in [5.74, 6) is 0.635. The summed E-state index contributed by atoms with van der Waals surface area (Å²) in [6.45, 7) is 1.82. The summed E-state index contributed by atoms with van der Waals surface area (Å²) in [6, 6.07) is 0.372. The smallest absolute Gasteiger partial charge is 0.0753 e. The van der Waals surface area contributed by atoms with Gasteiger partial charge < -0.3 is 11.1 Å². The molecule has 1 aromatic heterocycles. The van der Waals surface area contributed by atoms with Crippen LogP contribution < -0.4 is 11.1 Å². The first-order valence-electron chi connectivity index (χ1n) is 5.09. The van der Waals surface area contributed by atoms with Crippen molar-refractivity contribution in [3.63, 3.8) is 0 Å². The lowest BCUT2D eigenvalue weighted by Crippen LogP contribution is -2.35. The van der Waals surface area contributed by atoms with Gasteiger partial charge in [-0.25, -0.2) is 0 Å². The van der Waals surface area contributed by atoms with Crippen LogP contribution >= 0.6 is 0 Å². The van der Waals surface area contributed by atoms with Crippen molar-refractivity contribution in [3.8, 4) is 0 Å². The number of aromatic nitrogens is 3. The zero-order valence-corrected chi connectivity index (χ0v) is 8.48. The predicted molar refractivity (Wildman–Crippen MR) is 53.5 cm³/mol. The van der Waals surface area contributed by atoms with Gasteiger partial charge in [0.25, 0.3) is 0 Å². The van der Waals surface area contributed by atoms with Crippen molar-refractivity contribution in [2.75, 3.05) is 13.1 Å². The van der Waals surface area contributed by atoms with Crippen LogP contribution in [-0.4, -0.2) is 28.1 Å². The van der Waals surface area contributed by atoms with Crippen LogP contribution in [0.15, 0.2) is 6.20 Å². The van der Waals surface area contributed by atoms with Crippen LogP contribution in [0, 0.1) is 5.92 Å². The summed E-state index contributed by atoms with van der Waals surface area (Å²) >= 11 is 0. The van der Waals surface area contributed by atoms with Crippen LogP contribution in [0.5, 0.6) is 0 Å². The molecule has 2 heterocycles. The quantitative estimate of drug-likeness (QED) is 0.686. The van der Waals surface area contributed by atoms with E-state index in [9.17, 15) is 0 Å². The highest BCUT2D eigenvalue weighted by Gasteiger charge is 2.23. The fourth-order valence-corrected chi connectivity index (χ4v) is 2.05. The van der Waals surface area contributed by atoms with Crippen molar-refractivity contribution >= 4 is 0 Å². The second kappa shape index (κ2) is 4.06. The van der Waals surface area contributed by atoms with Crippen LogP contribution in [0.1, 0.15) is 24.6 Å². The van der Waals surface area contributed by atoms with Crippen LogP contribution in [0.3, 0.4) is 0 Å². The lowest BCUT2D eigenvalue weighted by Gasteiger charge is -2.29.